The molecule has 2 N–H and O–H groups in total. The minimum absolute atomic E-state index is 0.212. The Morgan fingerprint density at radius 2 is 1.50 bits per heavy atom. The van der Waals surface area contributed by atoms with Crippen molar-refractivity contribution in [3.63, 3.8) is 0 Å². The Hall–Kier alpha value is -2.73. The number of ether oxygens (including phenoxy) is 2. The fraction of sp³-hybridized carbons (Fsp3) is 0.263. The second kappa shape index (κ2) is 9.68. The Labute approximate surface area is 157 Å². The first-order chi connectivity index (χ1) is 12.5. The van der Waals surface area contributed by atoms with Gasteiger partial charge in [-0.15, -0.1) is 0 Å². The van der Waals surface area contributed by atoms with E-state index in [0.717, 1.165) is 11.1 Å². The third-order valence-corrected chi connectivity index (χ3v) is 3.97. The third kappa shape index (κ3) is 5.67. The van der Waals surface area contributed by atoms with Crippen LogP contribution in [0.3, 0.4) is 0 Å². The molecule has 7 heteroatoms. The largest absolute Gasteiger partial charge is 0.493 e. The molecule has 2 aromatic carbocycles. The summed E-state index contributed by atoms with van der Waals surface area (Å²) in [6, 6.07) is 12.6. The number of rotatable bonds is 7. The SMILES string of the molecule is COc1ccc(CNC(=O)C(=O)NCCc2ccc(Cl)cc2)cc1OC. The summed E-state index contributed by atoms with van der Waals surface area (Å²) >= 11 is 5.82. The highest BCUT2D eigenvalue weighted by atomic mass is 35.5. The summed E-state index contributed by atoms with van der Waals surface area (Å²) in [7, 11) is 3.09. The second-order valence-corrected chi connectivity index (χ2v) is 5.94. The monoisotopic (exact) mass is 376 g/mol. The molecule has 0 saturated carbocycles. The van der Waals surface area contributed by atoms with E-state index in [4.69, 9.17) is 21.1 Å². The first-order valence-electron chi connectivity index (χ1n) is 8.05. The van der Waals surface area contributed by atoms with E-state index < -0.39 is 11.8 Å². The minimum Gasteiger partial charge on any atom is -0.493 e. The van der Waals surface area contributed by atoms with Crippen LogP contribution in [0, 0.1) is 0 Å². The molecule has 0 heterocycles. The van der Waals surface area contributed by atoms with Crippen LogP contribution in [0.4, 0.5) is 0 Å². The number of carbonyl (C=O) groups excluding carboxylic acids is 2. The Morgan fingerprint density at radius 3 is 2.15 bits per heavy atom. The maximum Gasteiger partial charge on any atom is 0.309 e. The zero-order valence-electron chi connectivity index (χ0n) is 14.7. The van der Waals surface area contributed by atoms with E-state index in [0.29, 0.717) is 29.5 Å². The van der Waals surface area contributed by atoms with Crippen LogP contribution in [0.2, 0.25) is 5.02 Å². The number of amides is 2. The Kier molecular flexibility index (Phi) is 7.29. The molecule has 0 aromatic heterocycles. The van der Waals surface area contributed by atoms with Crippen LogP contribution in [0.15, 0.2) is 42.5 Å². The summed E-state index contributed by atoms with van der Waals surface area (Å²) in [6.07, 6.45) is 0.617. The van der Waals surface area contributed by atoms with Gasteiger partial charge in [-0.3, -0.25) is 9.59 Å². The molecule has 0 spiro atoms. The zero-order chi connectivity index (χ0) is 18.9. The first-order valence-corrected chi connectivity index (χ1v) is 8.42. The van der Waals surface area contributed by atoms with Gasteiger partial charge in [0.1, 0.15) is 0 Å². The highest BCUT2D eigenvalue weighted by Gasteiger charge is 2.13. The summed E-state index contributed by atoms with van der Waals surface area (Å²) in [6.45, 7) is 0.577. The average Bonchev–Trinajstić information content (AvgIpc) is 2.67. The van der Waals surface area contributed by atoms with Crippen molar-refractivity contribution in [3.8, 4) is 11.5 Å². The maximum atomic E-state index is 11.9. The molecule has 0 bridgehead atoms. The van der Waals surface area contributed by atoms with E-state index >= 15 is 0 Å². The number of nitrogens with one attached hydrogen (secondary N) is 2. The zero-order valence-corrected chi connectivity index (χ0v) is 15.4. The molecule has 0 aliphatic rings. The van der Waals surface area contributed by atoms with Gasteiger partial charge in [-0.1, -0.05) is 29.8 Å². The van der Waals surface area contributed by atoms with Crippen molar-refractivity contribution in [2.45, 2.75) is 13.0 Å². The number of benzene rings is 2. The predicted octanol–water partition coefficient (Wildman–Crippen LogP) is 2.33. The third-order valence-electron chi connectivity index (χ3n) is 3.72. The minimum atomic E-state index is -0.684. The topological polar surface area (TPSA) is 76.7 Å². The quantitative estimate of drug-likeness (QED) is 0.727. The van der Waals surface area contributed by atoms with Crippen LogP contribution in [0.1, 0.15) is 11.1 Å². The summed E-state index contributed by atoms with van der Waals surface area (Å²) in [5, 5.41) is 5.83. The lowest BCUT2D eigenvalue weighted by molar-refractivity contribution is -0.139. The van der Waals surface area contributed by atoms with E-state index in [2.05, 4.69) is 10.6 Å². The van der Waals surface area contributed by atoms with Crippen molar-refractivity contribution in [1.29, 1.82) is 0 Å². The summed E-state index contributed by atoms with van der Waals surface area (Å²) < 4.78 is 10.4. The van der Waals surface area contributed by atoms with E-state index in [1.54, 1.807) is 37.4 Å². The maximum absolute atomic E-state index is 11.9. The fourth-order valence-corrected chi connectivity index (χ4v) is 2.43. The molecule has 26 heavy (non-hydrogen) atoms. The van der Waals surface area contributed by atoms with Crippen LogP contribution in [-0.2, 0) is 22.6 Å². The van der Waals surface area contributed by atoms with Gasteiger partial charge in [-0.2, -0.15) is 0 Å². The molecule has 0 atom stereocenters. The lowest BCUT2D eigenvalue weighted by Gasteiger charge is -2.10. The summed E-state index contributed by atoms with van der Waals surface area (Å²) in [5.41, 5.74) is 1.82. The molecular formula is C19H21ClN2O4. The molecule has 0 aliphatic heterocycles. The standard InChI is InChI=1S/C19H21ClN2O4/c1-25-16-8-5-14(11-17(16)26-2)12-22-19(24)18(23)21-10-9-13-3-6-15(20)7-4-13/h3-8,11H,9-10,12H2,1-2H3,(H,21,23)(H,22,24). The van der Waals surface area contributed by atoms with Gasteiger partial charge in [0.15, 0.2) is 11.5 Å². The molecule has 0 radical (unpaired) electrons. The second-order valence-electron chi connectivity index (χ2n) is 5.50. The fourth-order valence-electron chi connectivity index (χ4n) is 2.30. The Bertz CT molecular complexity index is 763. The molecule has 0 unspecified atom stereocenters. The number of hydrogen-bond donors (Lipinski definition) is 2. The highest BCUT2D eigenvalue weighted by Crippen LogP contribution is 2.27. The number of methoxy groups -OCH3 is 2. The van der Waals surface area contributed by atoms with Crippen LogP contribution in [0.25, 0.3) is 0 Å². The van der Waals surface area contributed by atoms with Gasteiger partial charge in [0.25, 0.3) is 0 Å². The van der Waals surface area contributed by atoms with E-state index in [-0.39, 0.29) is 6.54 Å². The van der Waals surface area contributed by atoms with Crippen molar-refractivity contribution in [1.82, 2.24) is 10.6 Å². The molecule has 0 aliphatic carbocycles. The molecule has 6 nitrogen and oxygen atoms in total. The lowest BCUT2D eigenvalue weighted by atomic mass is 10.1. The van der Waals surface area contributed by atoms with Crippen molar-refractivity contribution >= 4 is 23.4 Å². The van der Waals surface area contributed by atoms with Crippen molar-refractivity contribution in [2.75, 3.05) is 20.8 Å². The molecule has 2 rings (SSSR count). The first kappa shape index (κ1) is 19.6. The predicted molar refractivity (Wildman–Crippen MR) is 99.6 cm³/mol. The van der Waals surface area contributed by atoms with E-state index in [1.807, 2.05) is 12.1 Å². The summed E-state index contributed by atoms with van der Waals surface area (Å²) in [5.74, 6) is -0.190. The molecule has 0 fully saturated rings. The van der Waals surface area contributed by atoms with Crippen molar-refractivity contribution < 1.29 is 19.1 Å². The van der Waals surface area contributed by atoms with Crippen molar-refractivity contribution in [2.24, 2.45) is 0 Å². The van der Waals surface area contributed by atoms with Gasteiger partial charge in [0, 0.05) is 18.1 Å². The molecular weight excluding hydrogens is 356 g/mol. The molecule has 138 valence electrons. The number of halogens is 1. The summed E-state index contributed by atoms with van der Waals surface area (Å²) in [4.78, 5) is 23.7. The molecule has 2 aromatic rings. The number of hydrogen-bond acceptors (Lipinski definition) is 4. The lowest BCUT2D eigenvalue weighted by Crippen LogP contribution is -2.40. The van der Waals surface area contributed by atoms with E-state index in [1.165, 1.54) is 7.11 Å². The normalized spacial score (nSPS) is 10.1. The van der Waals surface area contributed by atoms with Crippen LogP contribution >= 0.6 is 11.6 Å². The van der Waals surface area contributed by atoms with Gasteiger partial charge < -0.3 is 20.1 Å². The van der Waals surface area contributed by atoms with Crippen LogP contribution in [-0.4, -0.2) is 32.6 Å². The number of carbonyl (C=O) groups is 2. The van der Waals surface area contributed by atoms with Crippen LogP contribution in [0.5, 0.6) is 11.5 Å². The molecule has 0 saturated heterocycles. The highest BCUT2D eigenvalue weighted by molar-refractivity contribution is 6.35. The van der Waals surface area contributed by atoms with Gasteiger partial charge >= 0.3 is 11.8 Å². The van der Waals surface area contributed by atoms with E-state index in [9.17, 15) is 9.59 Å². The Morgan fingerprint density at radius 1 is 0.885 bits per heavy atom. The average molecular weight is 377 g/mol. The Balaban J connectivity index is 1.78. The van der Waals surface area contributed by atoms with Crippen molar-refractivity contribution in [3.05, 3.63) is 58.6 Å². The van der Waals surface area contributed by atoms with Gasteiger partial charge in [-0.25, -0.2) is 0 Å². The van der Waals surface area contributed by atoms with Gasteiger partial charge in [-0.05, 0) is 41.8 Å². The smallest absolute Gasteiger partial charge is 0.309 e. The van der Waals surface area contributed by atoms with Crippen LogP contribution < -0.4 is 20.1 Å². The van der Waals surface area contributed by atoms with Gasteiger partial charge in [0.05, 0.1) is 14.2 Å². The molecule has 2 amide bonds. The van der Waals surface area contributed by atoms with Gasteiger partial charge in [0.2, 0.25) is 0 Å².